The number of aliphatic hydroxyl groups excluding tert-OH is 1. The number of anilines is 1. The van der Waals surface area contributed by atoms with Crippen molar-refractivity contribution in [2.45, 2.75) is 58.7 Å². The molecule has 4 atom stereocenters. The van der Waals surface area contributed by atoms with Crippen LogP contribution in [0.25, 0.3) is 0 Å². The Kier molecular flexibility index (Phi) is 6.34. The van der Waals surface area contributed by atoms with Crippen molar-refractivity contribution in [2.24, 2.45) is 16.7 Å². The van der Waals surface area contributed by atoms with Crippen molar-refractivity contribution < 1.29 is 14.6 Å². The van der Waals surface area contributed by atoms with Gasteiger partial charge in [-0.2, -0.15) is 0 Å². The molecule has 5 heteroatoms. The molecule has 3 aliphatic rings. The van der Waals surface area contributed by atoms with Gasteiger partial charge in [-0.25, -0.2) is 0 Å². The van der Waals surface area contributed by atoms with E-state index < -0.39 is 0 Å². The second-order valence-electron chi connectivity index (χ2n) is 10.4. The molecule has 3 fully saturated rings. The summed E-state index contributed by atoms with van der Waals surface area (Å²) in [5.41, 5.74) is 1.85. The van der Waals surface area contributed by atoms with Crippen LogP contribution in [0.3, 0.4) is 0 Å². The highest BCUT2D eigenvalue weighted by molar-refractivity contribution is 5.58. The quantitative estimate of drug-likeness (QED) is 0.698. The van der Waals surface area contributed by atoms with E-state index in [2.05, 4.69) is 42.7 Å². The zero-order valence-electron chi connectivity index (χ0n) is 19.3. The van der Waals surface area contributed by atoms with E-state index in [1.807, 2.05) is 12.1 Å². The number of rotatable bonds is 8. The van der Waals surface area contributed by atoms with Crippen molar-refractivity contribution in [1.82, 2.24) is 4.90 Å². The molecule has 1 N–H and O–H groups in total. The van der Waals surface area contributed by atoms with Crippen molar-refractivity contribution >= 4 is 5.69 Å². The fourth-order valence-electron chi connectivity index (χ4n) is 6.18. The molecule has 2 bridgehead atoms. The standard InChI is InChI=1S/C25H40N2O3/c1-24(2)19-9-11-25(24,3)23(17-19)30-16-10-20(28)18-26-12-14-27(15-13-26)21-7-5-6-8-22(21)29-4/h5-8,19-20,23,28H,9-18H2,1-4H3/t19-,20+,23-,25+/m1/s1. The number of hydrogen-bond acceptors (Lipinski definition) is 5. The molecule has 1 heterocycles. The number of benzene rings is 1. The lowest BCUT2D eigenvalue weighted by Gasteiger charge is -2.39. The Labute approximate surface area is 182 Å². The van der Waals surface area contributed by atoms with E-state index in [1.54, 1.807) is 7.11 Å². The van der Waals surface area contributed by atoms with Gasteiger partial charge in [-0.3, -0.25) is 4.90 Å². The summed E-state index contributed by atoms with van der Waals surface area (Å²) < 4.78 is 11.8. The number of methoxy groups -OCH3 is 1. The lowest BCUT2D eigenvalue weighted by atomic mass is 9.70. The Morgan fingerprint density at radius 1 is 1.13 bits per heavy atom. The molecule has 1 saturated heterocycles. The summed E-state index contributed by atoms with van der Waals surface area (Å²) >= 11 is 0. The van der Waals surface area contributed by atoms with Crippen LogP contribution < -0.4 is 9.64 Å². The maximum Gasteiger partial charge on any atom is 0.142 e. The van der Waals surface area contributed by atoms with Crippen molar-refractivity contribution in [3.8, 4) is 5.75 Å². The summed E-state index contributed by atoms with van der Waals surface area (Å²) in [6.07, 6.45) is 4.61. The van der Waals surface area contributed by atoms with Crippen LogP contribution in [0.2, 0.25) is 0 Å². The van der Waals surface area contributed by atoms with Gasteiger partial charge in [-0.1, -0.05) is 32.9 Å². The van der Waals surface area contributed by atoms with Gasteiger partial charge < -0.3 is 19.5 Å². The molecule has 0 amide bonds. The fourth-order valence-corrected chi connectivity index (χ4v) is 6.18. The van der Waals surface area contributed by atoms with Gasteiger partial charge in [0, 0.05) is 39.3 Å². The number of ether oxygens (including phenoxy) is 2. The molecule has 0 unspecified atom stereocenters. The zero-order valence-corrected chi connectivity index (χ0v) is 19.3. The minimum absolute atomic E-state index is 0.303. The van der Waals surface area contributed by atoms with Gasteiger partial charge >= 0.3 is 0 Å². The molecule has 1 aromatic rings. The SMILES string of the molecule is COc1ccccc1N1CCN(C[C@@H](O)CCO[C@@H]2C[C@H]3CC[C@]2(C)C3(C)C)CC1. The van der Waals surface area contributed by atoms with Crippen LogP contribution in [0.15, 0.2) is 24.3 Å². The number of nitrogens with zero attached hydrogens (tertiary/aromatic N) is 2. The highest BCUT2D eigenvalue weighted by atomic mass is 16.5. The smallest absolute Gasteiger partial charge is 0.142 e. The van der Waals surface area contributed by atoms with Gasteiger partial charge in [0.15, 0.2) is 0 Å². The molecular weight excluding hydrogens is 376 g/mol. The van der Waals surface area contributed by atoms with Crippen molar-refractivity contribution in [3.05, 3.63) is 24.3 Å². The van der Waals surface area contributed by atoms with Gasteiger partial charge in [0.25, 0.3) is 0 Å². The second kappa shape index (κ2) is 8.68. The van der Waals surface area contributed by atoms with E-state index in [9.17, 15) is 5.11 Å². The molecule has 2 aliphatic carbocycles. The summed E-state index contributed by atoms with van der Waals surface area (Å²) in [6, 6.07) is 8.21. The summed E-state index contributed by atoms with van der Waals surface area (Å²) in [5, 5.41) is 10.6. The van der Waals surface area contributed by atoms with Crippen LogP contribution in [0, 0.1) is 16.7 Å². The normalized spacial score (nSPS) is 31.8. The van der Waals surface area contributed by atoms with E-state index in [0.29, 0.717) is 23.5 Å². The molecule has 4 rings (SSSR count). The van der Waals surface area contributed by atoms with E-state index in [4.69, 9.17) is 9.47 Å². The van der Waals surface area contributed by atoms with Crippen LogP contribution in [0.1, 0.15) is 46.5 Å². The lowest BCUT2D eigenvalue weighted by Crippen LogP contribution is -2.48. The summed E-state index contributed by atoms with van der Waals surface area (Å²) in [7, 11) is 1.73. The van der Waals surface area contributed by atoms with E-state index in [1.165, 1.54) is 19.3 Å². The van der Waals surface area contributed by atoms with Crippen LogP contribution in [0.5, 0.6) is 5.75 Å². The highest BCUT2D eigenvalue weighted by Gasteiger charge is 2.61. The van der Waals surface area contributed by atoms with Crippen molar-refractivity contribution in [1.29, 1.82) is 0 Å². The Hall–Kier alpha value is -1.30. The topological polar surface area (TPSA) is 45.2 Å². The predicted octanol–water partition coefficient (Wildman–Crippen LogP) is 3.80. The van der Waals surface area contributed by atoms with Gasteiger partial charge in [0.1, 0.15) is 5.75 Å². The molecule has 0 spiro atoms. The third-order valence-electron chi connectivity index (χ3n) is 8.75. The minimum Gasteiger partial charge on any atom is -0.495 e. The first kappa shape index (κ1) is 21.9. The van der Waals surface area contributed by atoms with Crippen molar-refractivity contribution in [2.75, 3.05) is 51.3 Å². The number of hydrogen-bond donors (Lipinski definition) is 1. The van der Waals surface area contributed by atoms with Crippen LogP contribution in [0.4, 0.5) is 5.69 Å². The van der Waals surface area contributed by atoms with Crippen molar-refractivity contribution in [3.63, 3.8) is 0 Å². The van der Waals surface area contributed by atoms with Gasteiger partial charge in [0.2, 0.25) is 0 Å². The van der Waals surface area contributed by atoms with Gasteiger partial charge in [-0.05, 0) is 54.6 Å². The number of β-amino-alcohol motifs (C(OH)–C–C–N with tert-alkyl or cyclic N) is 1. The predicted molar refractivity (Wildman–Crippen MR) is 121 cm³/mol. The average molecular weight is 417 g/mol. The van der Waals surface area contributed by atoms with E-state index >= 15 is 0 Å². The molecular formula is C25H40N2O3. The third-order valence-corrected chi connectivity index (χ3v) is 8.75. The first-order chi connectivity index (χ1) is 14.3. The van der Waals surface area contributed by atoms with Crippen LogP contribution >= 0.6 is 0 Å². The molecule has 1 aliphatic heterocycles. The minimum atomic E-state index is -0.317. The first-order valence-electron chi connectivity index (χ1n) is 11.7. The molecule has 0 aromatic heterocycles. The molecule has 30 heavy (non-hydrogen) atoms. The van der Waals surface area contributed by atoms with E-state index in [-0.39, 0.29) is 6.10 Å². The monoisotopic (exact) mass is 416 g/mol. The Balaban J connectivity index is 1.18. The number of piperazine rings is 1. The molecule has 1 aromatic carbocycles. The molecule has 5 nitrogen and oxygen atoms in total. The second-order valence-corrected chi connectivity index (χ2v) is 10.4. The molecule has 0 radical (unpaired) electrons. The molecule has 168 valence electrons. The largest absolute Gasteiger partial charge is 0.495 e. The van der Waals surface area contributed by atoms with Gasteiger partial charge in [0.05, 0.1) is 25.0 Å². The average Bonchev–Trinajstić information content (AvgIpc) is 3.08. The summed E-state index contributed by atoms with van der Waals surface area (Å²) in [6.45, 7) is 12.5. The number of fused-ring (bicyclic) bond motifs is 2. The zero-order chi connectivity index (χ0) is 21.4. The first-order valence-corrected chi connectivity index (χ1v) is 11.7. The summed E-state index contributed by atoms with van der Waals surface area (Å²) in [4.78, 5) is 4.75. The highest BCUT2D eigenvalue weighted by Crippen LogP contribution is 2.66. The Morgan fingerprint density at radius 3 is 2.50 bits per heavy atom. The number of para-hydroxylation sites is 2. The van der Waals surface area contributed by atoms with E-state index in [0.717, 1.165) is 56.5 Å². The summed E-state index contributed by atoms with van der Waals surface area (Å²) in [5.74, 6) is 1.73. The maximum atomic E-state index is 10.6. The Bertz CT molecular complexity index is 716. The third kappa shape index (κ3) is 3.96. The fraction of sp³-hybridized carbons (Fsp3) is 0.760. The van der Waals surface area contributed by atoms with Gasteiger partial charge in [-0.15, -0.1) is 0 Å². The molecule has 2 saturated carbocycles. The lowest BCUT2D eigenvalue weighted by molar-refractivity contribution is -0.0564. The Morgan fingerprint density at radius 2 is 1.87 bits per heavy atom. The van der Waals surface area contributed by atoms with Crippen LogP contribution in [-0.4, -0.2) is 68.7 Å². The van der Waals surface area contributed by atoms with Crippen LogP contribution in [-0.2, 0) is 4.74 Å². The number of aliphatic hydroxyl groups is 1. The maximum absolute atomic E-state index is 10.6.